The van der Waals surface area contributed by atoms with Crippen molar-refractivity contribution in [1.29, 1.82) is 0 Å². The lowest BCUT2D eigenvalue weighted by molar-refractivity contribution is 0.102. The Kier molecular flexibility index (Phi) is 6.43. The number of ketones is 1. The van der Waals surface area contributed by atoms with E-state index < -0.39 is 0 Å². The molecule has 0 saturated heterocycles. The molecule has 3 rings (SSSR count). The van der Waals surface area contributed by atoms with Crippen LogP contribution in [0.5, 0.6) is 11.5 Å². The summed E-state index contributed by atoms with van der Waals surface area (Å²) in [6.45, 7) is 0. The van der Waals surface area contributed by atoms with Crippen LogP contribution in [0.3, 0.4) is 0 Å². The van der Waals surface area contributed by atoms with E-state index in [2.05, 4.69) is 5.32 Å². The number of allylic oxidation sites excluding steroid dienone is 1. The first kappa shape index (κ1) is 19.9. The highest BCUT2D eigenvalue weighted by Gasteiger charge is 2.11. The van der Waals surface area contributed by atoms with E-state index in [4.69, 9.17) is 9.47 Å². The van der Waals surface area contributed by atoms with Gasteiger partial charge in [-0.1, -0.05) is 48.5 Å². The molecule has 0 aromatic heterocycles. The number of hydrogen-bond acceptors (Lipinski definition) is 4. The number of benzene rings is 3. The lowest BCUT2D eigenvalue weighted by atomic mass is 10.1. The third-order valence-corrected chi connectivity index (χ3v) is 4.28. The van der Waals surface area contributed by atoms with Gasteiger partial charge in [0.25, 0.3) is 5.91 Å². The molecular weight excluding hydrogens is 366 g/mol. The Hall–Kier alpha value is -3.86. The molecule has 3 aromatic carbocycles. The average Bonchev–Trinajstić information content (AvgIpc) is 2.77. The smallest absolute Gasteiger partial charge is 0.255 e. The van der Waals surface area contributed by atoms with Crippen molar-refractivity contribution in [2.75, 3.05) is 19.5 Å². The maximum Gasteiger partial charge on any atom is 0.255 e. The maximum absolute atomic E-state index is 12.6. The highest BCUT2D eigenvalue weighted by molar-refractivity contribution is 6.07. The van der Waals surface area contributed by atoms with Gasteiger partial charge in [0.05, 0.1) is 14.2 Å². The second kappa shape index (κ2) is 9.37. The summed E-state index contributed by atoms with van der Waals surface area (Å²) in [5.74, 6) is 0.688. The Labute approximate surface area is 169 Å². The van der Waals surface area contributed by atoms with Crippen LogP contribution in [0.4, 0.5) is 5.69 Å². The van der Waals surface area contributed by atoms with Crippen LogP contribution < -0.4 is 14.8 Å². The van der Waals surface area contributed by atoms with Crippen molar-refractivity contribution >= 4 is 23.5 Å². The molecule has 0 spiro atoms. The van der Waals surface area contributed by atoms with Crippen molar-refractivity contribution < 1.29 is 19.1 Å². The summed E-state index contributed by atoms with van der Waals surface area (Å²) in [6, 6.07) is 21.3. The van der Waals surface area contributed by atoms with Gasteiger partial charge in [0, 0.05) is 16.8 Å². The van der Waals surface area contributed by atoms with Gasteiger partial charge in [0.1, 0.15) is 0 Å². The minimum absolute atomic E-state index is 0.0784. The van der Waals surface area contributed by atoms with Crippen LogP contribution in [0, 0.1) is 0 Å². The van der Waals surface area contributed by atoms with Crippen LogP contribution in [0.2, 0.25) is 0 Å². The molecule has 0 atom stereocenters. The molecule has 0 aliphatic heterocycles. The fourth-order valence-electron chi connectivity index (χ4n) is 2.77. The second-order valence-electron chi connectivity index (χ2n) is 6.21. The molecule has 146 valence electrons. The standard InChI is InChI=1S/C24H21NO4/c1-28-22-14-12-19(16-23(22)29-2)24(27)25-20-10-6-7-17(15-20)11-13-21(26)18-8-4-3-5-9-18/h3-16H,1-2H3,(H,25,27). The molecule has 0 aliphatic rings. The molecule has 0 unspecified atom stereocenters. The molecule has 0 bridgehead atoms. The van der Waals surface area contributed by atoms with E-state index in [1.807, 2.05) is 30.3 Å². The summed E-state index contributed by atoms with van der Waals surface area (Å²) in [5, 5.41) is 2.85. The number of nitrogens with one attached hydrogen (secondary N) is 1. The van der Waals surface area contributed by atoms with Crippen LogP contribution in [0.15, 0.2) is 78.9 Å². The Morgan fingerprint density at radius 2 is 1.55 bits per heavy atom. The van der Waals surface area contributed by atoms with Gasteiger partial charge in [-0.2, -0.15) is 0 Å². The quantitative estimate of drug-likeness (QED) is 0.465. The Morgan fingerprint density at radius 3 is 2.28 bits per heavy atom. The highest BCUT2D eigenvalue weighted by atomic mass is 16.5. The second-order valence-corrected chi connectivity index (χ2v) is 6.21. The summed E-state index contributed by atoms with van der Waals surface area (Å²) in [7, 11) is 3.06. The summed E-state index contributed by atoms with van der Waals surface area (Å²) in [5.41, 5.74) is 2.50. The minimum Gasteiger partial charge on any atom is -0.493 e. The first-order chi connectivity index (χ1) is 14.1. The number of rotatable bonds is 7. The van der Waals surface area contributed by atoms with Crippen LogP contribution in [0.25, 0.3) is 6.08 Å². The number of amides is 1. The predicted molar refractivity (Wildman–Crippen MR) is 114 cm³/mol. The van der Waals surface area contributed by atoms with Gasteiger partial charge in [-0.05, 0) is 42.0 Å². The van der Waals surface area contributed by atoms with Crippen molar-refractivity contribution in [1.82, 2.24) is 0 Å². The SMILES string of the molecule is COc1ccc(C(=O)Nc2cccc(C=CC(=O)c3ccccc3)c2)cc1OC. The number of carbonyl (C=O) groups is 2. The predicted octanol–water partition coefficient (Wildman–Crippen LogP) is 4.85. The normalized spacial score (nSPS) is 10.6. The van der Waals surface area contributed by atoms with Crippen molar-refractivity contribution in [2.24, 2.45) is 0 Å². The van der Waals surface area contributed by atoms with Gasteiger partial charge in [-0.15, -0.1) is 0 Å². The Morgan fingerprint density at radius 1 is 0.793 bits per heavy atom. The zero-order chi connectivity index (χ0) is 20.6. The number of ether oxygens (including phenoxy) is 2. The van der Waals surface area contributed by atoms with Crippen molar-refractivity contribution in [3.8, 4) is 11.5 Å². The third kappa shape index (κ3) is 5.11. The molecule has 0 heterocycles. The van der Waals surface area contributed by atoms with Crippen molar-refractivity contribution in [2.45, 2.75) is 0 Å². The van der Waals surface area contributed by atoms with Gasteiger partial charge < -0.3 is 14.8 Å². The van der Waals surface area contributed by atoms with E-state index in [0.717, 1.165) is 5.56 Å². The van der Waals surface area contributed by atoms with Gasteiger partial charge in [0.15, 0.2) is 17.3 Å². The summed E-state index contributed by atoms with van der Waals surface area (Å²) >= 11 is 0. The van der Waals surface area contributed by atoms with Crippen molar-refractivity contribution in [3.05, 3.63) is 95.6 Å². The molecule has 0 radical (unpaired) electrons. The minimum atomic E-state index is -0.271. The first-order valence-electron chi connectivity index (χ1n) is 9.01. The zero-order valence-electron chi connectivity index (χ0n) is 16.2. The number of hydrogen-bond donors (Lipinski definition) is 1. The molecule has 3 aromatic rings. The molecular formula is C24H21NO4. The van der Waals surface area contributed by atoms with E-state index >= 15 is 0 Å². The molecule has 1 N–H and O–H groups in total. The summed E-state index contributed by atoms with van der Waals surface area (Å²) < 4.78 is 10.4. The van der Waals surface area contributed by atoms with Crippen LogP contribution in [-0.2, 0) is 0 Å². The number of methoxy groups -OCH3 is 2. The van der Waals surface area contributed by atoms with Crippen LogP contribution in [0.1, 0.15) is 26.3 Å². The van der Waals surface area contributed by atoms with Gasteiger partial charge in [0.2, 0.25) is 0 Å². The molecule has 0 saturated carbocycles. The van der Waals surface area contributed by atoms with Crippen LogP contribution >= 0.6 is 0 Å². The molecule has 5 nitrogen and oxygen atoms in total. The fourth-order valence-corrected chi connectivity index (χ4v) is 2.77. The highest BCUT2D eigenvalue weighted by Crippen LogP contribution is 2.28. The average molecular weight is 387 g/mol. The molecule has 0 aliphatic carbocycles. The lowest BCUT2D eigenvalue weighted by Gasteiger charge is -2.10. The van der Waals surface area contributed by atoms with Gasteiger partial charge in [-0.25, -0.2) is 0 Å². The van der Waals surface area contributed by atoms with E-state index in [1.54, 1.807) is 55.7 Å². The van der Waals surface area contributed by atoms with Crippen molar-refractivity contribution in [3.63, 3.8) is 0 Å². The molecule has 0 fully saturated rings. The molecule has 1 amide bonds. The maximum atomic E-state index is 12.6. The summed E-state index contributed by atoms with van der Waals surface area (Å²) in [4.78, 5) is 24.8. The molecule has 29 heavy (non-hydrogen) atoms. The van der Waals surface area contributed by atoms with E-state index in [1.165, 1.54) is 13.2 Å². The monoisotopic (exact) mass is 387 g/mol. The van der Waals surface area contributed by atoms with E-state index in [0.29, 0.717) is 28.3 Å². The third-order valence-electron chi connectivity index (χ3n) is 4.28. The van der Waals surface area contributed by atoms with E-state index in [9.17, 15) is 9.59 Å². The Balaban J connectivity index is 1.72. The number of carbonyl (C=O) groups excluding carboxylic acids is 2. The van der Waals surface area contributed by atoms with Gasteiger partial charge in [-0.3, -0.25) is 9.59 Å². The lowest BCUT2D eigenvalue weighted by Crippen LogP contribution is -2.12. The first-order valence-corrected chi connectivity index (χ1v) is 9.01. The van der Waals surface area contributed by atoms with E-state index in [-0.39, 0.29) is 11.7 Å². The largest absolute Gasteiger partial charge is 0.493 e. The van der Waals surface area contributed by atoms with Gasteiger partial charge >= 0.3 is 0 Å². The fraction of sp³-hybridized carbons (Fsp3) is 0.0833. The van der Waals surface area contributed by atoms with Crippen LogP contribution in [-0.4, -0.2) is 25.9 Å². The topological polar surface area (TPSA) is 64.6 Å². The number of anilines is 1. The molecule has 5 heteroatoms. The summed E-state index contributed by atoms with van der Waals surface area (Å²) in [6.07, 6.45) is 3.24. The Bertz CT molecular complexity index is 1040. The zero-order valence-corrected chi connectivity index (χ0v) is 16.2.